The van der Waals surface area contributed by atoms with Crippen molar-refractivity contribution in [3.8, 4) is 0 Å². The van der Waals surface area contributed by atoms with Crippen LogP contribution in [0.5, 0.6) is 0 Å². The van der Waals surface area contributed by atoms with E-state index in [1.807, 2.05) is 60.7 Å². The Morgan fingerprint density at radius 2 is 0.936 bits per heavy atom. The molecule has 0 aromatic heterocycles. The van der Waals surface area contributed by atoms with Gasteiger partial charge in [0.05, 0.1) is 13.2 Å². The van der Waals surface area contributed by atoms with E-state index in [4.69, 9.17) is 27.0 Å². The normalized spacial score (nSPS) is 28.1. The average Bonchev–Trinajstić information content (AvgIpc) is 3.34. The highest BCUT2D eigenvalue weighted by Gasteiger charge is 2.41. The van der Waals surface area contributed by atoms with E-state index in [9.17, 15) is 19.8 Å². The summed E-state index contributed by atoms with van der Waals surface area (Å²) in [7, 11) is -0.332. The van der Waals surface area contributed by atoms with Crippen LogP contribution in [0.25, 0.3) is 0 Å². The fraction of sp³-hybridized carbons (Fsp3) is 0.588. The van der Waals surface area contributed by atoms with Crippen LogP contribution in [0.3, 0.4) is 0 Å². The topological polar surface area (TPSA) is 174 Å². The van der Waals surface area contributed by atoms with Gasteiger partial charge in [-0.15, -0.1) is 0 Å². The summed E-state index contributed by atoms with van der Waals surface area (Å²) in [5.74, 6) is -1.72. The zero-order chi connectivity index (χ0) is 34.1. The molecule has 0 aliphatic carbocycles. The maximum absolute atomic E-state index is 12.4. The number of carbonyl (C=O) groups is 2. The lowest BCUT2D eigenvalue weighted by Crippen LogP contribution is -2.43. The minimum absolute atomic E-state index is 0.00367. The van der Waals surface area contributed by atoms with E-state index < -0.39 is 22.2 Å². The second-order valence-electron chi connectivity index (χ2n) is 12.9. The van der Waals surface area contributed by atoms with Gasteiger partial charge in [-0.25, -0.2) is 0 Å². The number of hydrogen-bond donors (Lipinski definition) is 4. The minimum Gasteiger partial charge on any atom is -0.462 e. The molecule has 4 aliphatic heterocycles. The van der Waals surface area contributed by atoms with Gasteiger partial charge in [-0.1, -0.05) is 60.7 Å². The quantitative estimate of drug-likeness (QED) is 0.238. The molecule has 0 spiro atoms. The number of fused-ring (bicyclic) bond motifs is 4. The SMILES string of the molecule is CN1[C@H]2CC[C@H]1CC(OC(=O)C(CO)c1ccccc1)C2.CN1[C@H]2CC[C@H]1CC(OC(=O)C(CO)c1ccccc1)C2.O=S(=O)(O)O. The smallest absolute Gasteiger partial charge is 0.394 e. The van der Waals surface area contributed by atoms with Crippen molar-refractivity contribution < 1.29 is 46.8 Å². The van der Waals surface area contributed by atoms with E-state index in [0.717, 1.165) is 36.8 Å². The van der Waals surface area contributed by atoms with Crippen molar-refractivity contribution >= 4 is 22.3 Å². The molecular formula is C34H48N2O10S. The molecule has 47 heavy (non-hydrogen) atoms. The lowest BCUT2D eigenvalue weighted by atomic mass is 9.98. The highest BCUT2D eigenvalue weighted by atomic mass is 32.3. The summed E-state index contributed by atoms with van der Waals surface area (Å²) >= 11 is 0. The van der Waals surface area contributed by atoms with Gasteiger partial charge in [0.25, 0.3) is 0 Å². The lowest BCUT2D eigenvalue weighted by Gasteiger charge is -2.36. The van der Waals surface area contributed by atoms with Gasteiger partial charge in [0, 0.05) is 24.2 Å². The van der Waals surface area contributed by atoms with Crippen molar-refractivity contribution in [2.24, 2.45) is 0 Å². The van der Waals surface area contributed by atoms with Gasteiger partial charge in [-0.3, -0.25) is 18.7 Å². The third-order valence-electron chi connectivity index (χ3n) is 10.0. The van der Waals surface area contributed by atoms with Gasteiger partial charge in [0.1, 0.15) is 24.0 Å². The number of ether oxygens (including phenoxy) is 2. The zero-order valence-electron chi connectivity index (χ0n) is 27.0. The fourth-order valence-electron chi connectivity index (χ4n) is 7.41. The predicted octanol–water partition coefficient (Wildman–Crippen LogP) is 3.21. The number of hydrogen-bond acceptors (Lipinski definition) is 10. The van der Waals surface area contributed by atoms with Crippen LogP contribution < -0.4 is 0 Å². The van der Waals surface area contributed by atoms with Crippen molar-refractivity contribution in [2.75, 3.05) is 27.3 Å². The fourth-order valence-corrected chi connectivity index (χ4v) is 7.41. The van der Waals surface area contributed by atoms with Crippen LogP contribution in [0, 0.1) is 0 Å². The van der Waals surface area contributed by atoms with E-state index in [-0.39, 0.29) is 37.4 Å². The van der Waals surface area contributed by atoms with Crippen LogP contribution in [0.1, 0.15) is 74.3 Å². The molecule has 0 amide bonds. The van der Waals surface area contributed by atoms with Crippen LogP contribution in [-0.2, 0) is 29.5 Å². The molecule has 2 unspecified atom stereocenters. The van der Waals surface area contributed by atoms with E-state index in [2.05, 4.69) is 23.9 Å². The molecule has 260 valence electrons. The molecule has 0 saturated carbocycles. The van der Waals surface area contributed by atoms with Crippen LogP contribution in [0.4, 0.5) is 0 Å². The number of esters is 2. The molecule has 0 radical (unpaired) electrons. The summed E-state index contributed by atoms with van der Waals surface area (Å²) in [5.41, 5.74) is 1.64. The van der Waals surface area contributed by atoms with Gasteiger partial charge in [0.2, 0.25) is 0 Å². The lowest BCUT2D eigenvalue weighted by molar-refractivity contribution is -0.156. The summed E-state index contributed by atoms with van der Waals surface area (Å²) in [4.78, 5) is 29.6. The number of aliphatic hydroxyl groups excluding tert-OH is 2. The Hall–Kier alpha value is -2.91. The van der Waals surface area contributed by atoms with Gasteiger partial charge in [-0.05, 0) is 76.6 Å². The van der Waals surface area contributed by atoms with Gasteiger partial charge >= 0.3 is 22.3 Å². The van der Waals surface area contributed by atoms with E-state index >= 15 is 0 Å². The Morgan fingerprint density at radius 3 is 1.19 bits per heavy atom. The Morgan fingerprint density at radius 1 is 0.660 bits per heavy atom. The number of benzene rings is 2. The molecule has 4 aliphatic rings. The Bertz CT molecular complexity index is 1270. The average molecular weight is 677 g/mol. The maximum atomic E-state index is 12.4. The van der Waals surface area contributed by atoms with Crippen LogP contribution >= 0.6 is 0 Å². The molecule has 6 rings (SSSR count). The molecule has 4 saturated heterocycles. The highest BCUT2D eigenvalue weighted by molar-refractivity contribution is 7.79. The number of nitrogens with zero attached hydrogens (tertiary/aromatic N) is 2. The van der Waals surface area contributed by atoms with Crippen LogP contribution in [0.15, 0.2) is 60.7 Å². The zero-order valence-corrected chi connectivity index (χ0v) is 27.8. The first kappa shape index (κ1) is 36.9. The summed E-state index contributed by atoms with van der Waals surface area (Å²) in [6.45, 7) is -0.412. The van der Waals surface area contributed by atoms with Crippen LogP contribution in [0.2, 0.25) is 0 Å². The van der Waals surface area contributed by atoms with Crippen LogP contribution in [-0.4, -0.2) is 113 Å². The first-order valence-corrected chi connectivity index (χ1v) is 17.6. The summed E-state index contributed by atoms with van der Waals surface area (Å²) < 4.78 is 43.0. The Balaban J connectivity index is 0.000000186. The van der Waals surface area contributed by atoms with Crippen molar-refractivity contribution in [3.05, 3.63) is 71.8 Å². The molecule has 4 heterocycles. The standard InChI is InChI=1S/2C17H23NO3.H2O4S/c2*1-18-13-7-8-14(18)10-15(9-13)21-17(20)16(11-19)12-5-3-2-4-6-12;1-5(2,3)4/h2*2-6,13-16,19H,7-11H2,1H3;(H2,1,2,3,4)/t2*13-,14-,16?;/m00./s1. The summed E-state index contributed by atoms with van der Waals surface area (Å²) in [6, 6.07) is 20.9. The van der Waals surface area contributed by atoms with Crippen molar-refractivity contribution in [1.82, 2.24) is 9.80 Å². The molecule has 6 atom stereocenters. The summed E-state index contributed by atoms with van der Waals surface area (Å²) in [5, 5.41) is 19.1. The predicted molar refractivity (Wildman–Crippen MR) is 174 cm³/mol. The molecule has 12 nitrogen and oxygen atoms in total. The Kier molecular flexibility index (Phi) is 13.3. The monoisotopic (exact) mass is 676 g/mol. The number of rotatable bonds is 8. The van der Waals surface area contributed by atoms with Gasteiger partial charge in [0.15, 0.2) is 0 Å². The number of aliphatic hydroxyl groups is 2. The van der Waals surface area contributed by atoms with Crippen molar-refractivity contribution in [2.45, 2.75) is 99.6 Å². The third-order valence-corrected chi connectivity index (χ3v) is 10.0. The first-order chi connectivity index (χ1) is 22.4. The number of piperidine rings is 2. The molecular weight excluding hydrogens is 628 g/mol. The van der Waals surface area contributed by atoms with E-state index in [1.54, 1.807) is 0 Å². The van der Waals surface area contributed by atoms with Crippen molar-refractivity contribution in [3.63, 3.8) is 0 Å². The summed E-state index contributed by atoms with van der Waals surface area (Å²) in [6.07, 6.45) is 8.52. The van der Waals surface area contributed by atoms with E-state index in [1.165, 1.54) is 25.7 Å². The molecule has 2 aromatic carbocycles. The molecule has 2 aromatic rings. The second kappa shape index (κ2) is 17.0. The molecule has 13 heteroatoms. The highest BCUT2D eigenvalue weighted by Crippen LogP contribution is 2.37. The third kappa shape index (κ3) is 10.5. The number of carbonyl (C=O) groups excluding carboxylic acids is 2. The molecule has 4 fully saturated rings. The second-order valence-corrected chi connectivity index (χ2v) is 13.8. The molecule has 4 bridgehead atoms. The van der Waals surface area contributed by atoms with Gasteiger partial charge < -0.3 is 29.5 Å². The first-order valence-electron chi connectivity index (χ1n) is 16.2. The molecule has 4 N–H and O–H groups in total. The van der Waals surface area contributed by atoms with E-state index in [0.29, 0.717) is 24.2 Å². The maximum Gasteiger partial charge on any atom is 0.394 e. The van der Waals surface area contributed by atoms with Gasteiger partial charge in [-0.2, -0.15) is 8.42 Å². The Labute approximate surface area is 277 Å². The van der Waals surface area contributed by atoms with Crippen molar-refractivity contribution in [1.29, 1.82) is 0 Å². The minimum atomic E-state index is -4.67. The largest absolute Gasteiger partial charge is 0.462 e.